The maximum absolute atomic E-state index is 13.8. The largest absolute Gasteiger partial charge is 0.276 e. The summed E-state index contributed by atoms with van der Waals surface area (Å²) in [6.07, 6.45) is 10.2. The van der Waals surface area contributed by atoms with E-state index in [9.17, 15) is 4.79 Å². The van der Waals surface area contributed by atoms with Gasteiger partial charge in [-0.05, 0) is 51.3 Å². The van der Waals surface area contributed by atoms with E-state index < -0.39 is 8.07 Å². The summed E-state index contributed by atoms with van der Waals surface area (Å²) in [6.45, 7) is 3.80. The van der Waals surface area contributed by atoms with Crippen molar-refractivity contribution in [3.05, 3.63) is 181 Å². The molecule has 5 aromatic carbocycles. The lowest BCUT2D eigenvalue weighted by molar-refractivity contribution is 1.06. The van der Waals surface area contributed by atoms with Crippen LogP contribution in [0.15, 0.2) is 175 Å². The van der Waals surface area contributed by atoms with Crippen molar-refractivity contribution in [3.8, 4) is 5.69 Å². The van der Waals surface area contributed by atoms with Crippen molar-refractivity contribution in [2.75, 3.05) is 0 Å². The van der Waals surface area contributed by atoms with Crippen LogP contribution in [0.1, 0.15) is 0 Å². The van der Waals surface area contributed by atoms with Crippen molar-refractivity contribution in [1.29, 1.82) is 0 Å². The van der Waals surface area contributed by atoms with Crippen LogP contribution in [0.3, 0.4) is 0 Å². The maximum atomic E-state index is 13.8. The molecule has 0 amide bonds. The summed E-state index contributed by atoms with van der Waals surface area (Å²) >= 11 is 0. The van der Waals surface area contributed by atoms with Crippen molar-refractivity contribution in [1.82, 2.24) is 4.57 Å². The molecule has 0 aliphatic rings. The van der Waals surface area contributed by atoms with Crippen LogP contribution in [0.2, 0.25) is 6.04 Å². The number of hydrogen-bond donors (Lipinski definition) is 0. The Morgan fingerprint density at radius 3 is 1.80 bits per heavy atom. The van der Waals surface area contributed by atoms with Crippen molar-refractivity contribution in [2.45, 2.75) is 6.04 Å². The van der Waals surface area contributed by atoms with Crippen molar-refractivity contribution in [3.63, 3.8) is 0 Å². The van der Waals surface area contributed by atoms with E-state index in [1.807, 2.05) is 65.3 Å². The Labute approximate surface area is 241 Å². The Bertz CT molecular complexity index is 1900. The molecule has 1 aromatic heterocycles. The minimum absolute atomic E-state index is 0.00128. The van der Waals surface area contributed by atoms with Gasteiger partial charge in [-0.15, -0.1) is 0 Å². The number of fused-ring (bicyclic) bond motifs is 3. The van der Waals surface area contributed by atoms with Crippen LogP contribution in [0.25, 0.3) is 27.4 Å². The third-order valence-electron chi connectivity index (χ3n) is 7.85. The predicted molar refractivity (Wildman–Crippen MR) is 178 cm³/mol. The minimum atomic E-state index is -2.53. The van der Waals surface area contributed by atoms with E-state index in [2.05, 4.69) is 104 Å². The first-order valence-corrected chi connectivity index (χ1v) is 16.1. The highest BCUT2D eigenvalue weighted by atomic mass is 28.3. The Balaban J connectivity index is 1.70. The molecule has 0 saturated heterocycles. The van der Waals surface area contributed by atoms with Gasteiger partial charge < -0.3 is 0 Å². The molecule has 0 saturated carbocycles. The molecule has 0 aliphatic heterocycles. The monoisotopic (exact) mass is 545 g/mol. The summed E-state index contributed by atoms with van der Waals surface area (Å²) < 4.78 is 1.86. The molecule has 1 heterocycles. The van der Waals surface area contributed by atoms with Gasteiger partial charge in [-0.2, -0.15) is 0 Å². The number of benzene rings is 5. The first kappa shape index (κ1) is 26.2. The van der Waals surface area contributed by atoms with Crippen LogP contribution < -0.4 is 21.1 Å². The molecule has 2 nitrogen and oxygen atoms in total. The zero-order valence-electron chi connectivity index (χ0n) is 22.9. The number of allylic oxidation sites excluding steroid dienone is 5. The summed E-state index contributed by atoms with van der Waals surface area (Å²) in [4.78, 5) is 13.8. The molecule has 0 radical (unpaired) electrons. The number of rotatable bonds is 8. The molecule has 41 heavy (non-hydrogen) atoms. The number of para-hydroxylation sites is 1. The molecule has 0 bridgehead atoms. The third kappa shape index (κ3) is 4.81. The van der Waals surface area contributed by atoms with Crippen LogP contribution in [0.5, 0.6) is 0 Å². The zero-order chi connectivity index (χ0) is 28.1. The lowest BCUT2D eigenvalue weighted by Crippen LogP contribution is -2.66. The first-order chi connectivity index (χ1) is 20.2. The second-order valence-corrected chi connectivity index (χ2v) is 14.1. The van der Waals surface area contributed by atoms with E-state index in [-0.39, 0.29) is 5.56 Å². The number of aromatic nitrogens is 1. The third-order valence-corrected chi connectivity index (χ3v) is 12.6. The molecule has 0 aliphatic carbocycles. The molecule has 6 rings (SSSR count). The molecule has 0 atom stereocenters. The standard InChI is InChI=1S/C38H31NOSi/c1-2-3-4-5-17-28-41(31-20-11-7-12-21-31,32-22-13-8-14-23-32)33-26-27-37-36(29-33)34-24-15-16-25-35(34)38(40)39(37)30-18-9-6-10-19-30/h2-27,29H,1,28H2/b4-3-,17-5-. The molecule has 0 fully saturated rings. The van der Waals surface area contributed by atoms with Gasteiger partial charge in [-0.1, -0.05) is 146 Å². The van der Waals surface area contributed by atoms with E-state index in [1.54, 1.807) is 6.08 Å². The van der Waals surface area contributed by atoms with Crippen LogP contribution in [0.4, 0.5) is 0 Å². The molecular formula is C38H31NOSi. The number of nitrogens with zero attached hydrogens (tertiary/aromatic N) is 1. The van der Waals surface area contributed by atoms with Crippen LogP contribution in [0, 0.1) is 0 Å². The fourth-order valence-corrected chi connectivity index (χ4v) is 10.4. The number of pyridine rings is 1. The van der Waals surface area contributed by atoms with Crippen molar-refractivity contribution >= 4 is 45.3 Å². The van der Waals surface area contributed by atoms with Crippen molar-refractivity contribution in [2.24, 2.45) is 0 Å². The fraction of sp³-hybridized carbons (Fsp3) is 0.0263. The van der Waals surface area contributed by atoms with Gasteiger partial charge in [0.2, 0.25) is 0 Å². The summed E-state index contributed by atoms with van der Waals surface area (Å²) in [5.74, 6) is 0. The summed E-state index contributed by atoms with van der Waals surface area (Å²) in [7, 11) is -2.53. The smallest absolute Gasteiger partial charge is 0.263 e. The van der Waals surface area contributed by atoms with Crippen molar-refractivity contribution < 1.29 is 0 Å². The number of hydrogen-bond acceptors (Lipinski definition) is 1. The van der Waals surface area contributed by atoms with Gasteiger partial charge >= 0.3 is 0 Å². The van der Waals surface area contributed by atoms with Gasteiger partial charge in [0.25, 0.3) is 5.56 Å². The highest BCUT2D eigenvalue weighted by Gasteiger charge is 2.38. The minimum Gasteiger partial charge on any atom is -0.276 e. The van der Waals surface area contributed by atoms with E-state index in [1.165, 1.54) is 15.6 Å². The molecule has 0 unspecified atom stereocenters. The summed E-state index contributed by atoms with van der Waals surface area (Å²) in [6, 6.07) is 47.4. The Kier molecular flexibility index (Phi) is 7.44. The SMILES string of the molecule is C=C/C=C\C=C/C[Si](c1ccccc1)(c1ccccc1)c1ccc2c(c1)c1ccccc1c(=O)n2-c1ccccc1. The average Bonchev–Trinajstić information content (AvgIpc) is 3.04. The Morgan fingerprint density at radius 1 is 0.585 bits per heavy atom. The molecule has 0 spiro atoms. The average molecular weight is 546 g/mol. The Hall–Kier alpha value is -4.99. The predicted octanol–water partition coefficient (Wildman–Crippen LogP) is 6.91. The van der Waals surface area contributed by atoms with Gasteiger partial charge in [0, 0.05) is 16.5 Å². The van der Waals surface area contributed by atoms with E-state index in [0.29, 0.717) is 0 Å². The van der Waals surface area contributed by atoms with Crippen LogP contribution in [-0.4, -0.2) is 12.6 Å². The van der Waals surface area contributed by atoms with Crippen LogP contribution in [-0.2, 0) is 0 Å². The van der Waals surface area contributed by atoms with E-state index in [0.717, 1.165) is 33.4 Å². The molecule has 0 N–H and O–H groups in total. The van der Waals surface area contributed by atoms with Gasteiger partial charge in [0.05, 0.1) is 5.52 Å². The lowest BCUT2D eigenvalue weighted by atomic mass is 10.1. The van der Waals surface area contributed by atoms with E-state index >= 15 is 0 Å². The molecular weight excluding hydrogens is 515 g/mol. The quantitative estimate of drug-likeness (QED) is 0.0881. The van der Waals surface area contributed by atoms with Gasteiger partial charge in [-0.3, -0.25) is 9.36 Å². The van der Waals surface area contributed by atoms with E-state index in [4.69, 9.17) is 0 Å². The molecule has 3 heteroatoms. The van der Waals surface area contributed by atoms with Gasteiger partial charge in [0.15, 0.2) is 8.07 Å². The highest BCUT2D eigenvalue weighted by Crippen LogP contribution is 2.26. The normalized spacial score (nSPS) is 12.0. The second-order valence-electron chi connectivity index (χ2n) is 10.1. The first-order valence-electron chi connectivity index (χ1n) is 13.9. The van der Waals surface area contributed by atoms with Crippen LogP contribution >= 0.6 is 0 Å². The van der Waals surface area contributed by atoms with Gasteiger partial charge in [0.1, 0.15) is 0 Å². The maximum Gasteiger partial charge on any atom is 0.263 e. The van der Waals surface area contributed by atoms with Gasteiger partial charge in [-0.25, -0.2) is 0 Å². The Morgan fingerprint density at radius 2 is 1.17 bits per heavy atom. The summed E-state index contributed by atoms with van der Waals surface area (Å²) in [5, 5.41) is 6.80. The second kappa shape index (κ2) is 11.6. The molecule has 198 valence electrons. The zero-order valence-corrected chi connectivity index (χ0v) is 23.9. The fourth-order valence-electron chi connectivity index (χ4n) is 5.94. The summed E-state index contributed by atoms with van der Waals surface area (Å²) in [5.41, 5.74) is 1.78. The highest BCUT2D eigenvalue weighted by molar-refractivity contribution is 7.11. The lowest BCUT2D eigenvalue weighted by Gasteiger charge is -2.33. The topological polar surface area (TPSA) is 22.0 Å². The molecule has 6 aromatic rings.